The van der Waals surface area contributed by atoms with Gasteiger partial charge in [-0.25, -0.2) is 0 Å². The normalized spacial score (nSPS) is 20.6. The van der Waals surface area contributed by atoms with Gasteiger partial charge in [0.1, 0.15) is 0 Å². The lowest BCUT2D eigenvalue weighted by molar-refractivity contribution is -0.124. The van der Waals surface area contributed by atoms with Crippen molar-refractivity contribution in [3.63, 3.8) is 0 Å². The molecule has 1 fully saturated rings. The van der Waals surface area contributed by atoms with Gasteiger partial charge in [0.25, 0.3) is 0 Å². The quantitative estimate of drug-likeness (QED) is 0.781. The molecule has 3 heteroatoms. The molecular weight excluding hydrogens is 248 g/mol. The number of nitrogens with zero attached hydrogens (tertiary/aromatic N) is 2. The highest BCUT2D eigenvalue weighted by Crippen LogP contribution is 2.35. The fraction of sp³-hybridized carbons (Fsp3) is 0.176. The molecule has 1 aromatic heterocycles. The Bertz CT molecular complexity index is 635. The molecule has 2 aromatic rings. The van der Waals surface area contributed by atoms with Gasteiger partial charge in [-0.3, -0.25) is 9.78 Å². The minimum absolute atomic E-state index is 0.0890. The molecule has 1 saturated heterocycles. The van der Waals surface area contributed by atoms with Crippen LogP contribution in [0, 0.1) is 0 Å². The van der Waals surface area contributed by atoms with Crippen LogP contribution in [0.25, 0.3) is 6.08 Å². The molecule has 2 heterocycles. The summed E-state index contributed by atoms with van der Waals surface area (Å²) in [6.45, 7) is 0. The van der Waals surface area contributed by atoms with Crippen LogP contribution in [0.4, 0.5) is 0 Å². The molecule has 0 unspecified atom stereocenters. The number of aromatic nitrogens is 1. The Morgan fingerprint density at radius 2 is 2.00 bits per heavy atom. The SMILES string of the molecule is CN1C(=O)/C(=C/c2ccccc2)C[C@H]1c1cccnc1. The maximum atomic E-state index is 12.3. The zero-order valence-electron chi connectivity index (χ0n) is 11.4. The molecule has 1 atom stereocenters. The van der Waals surface area contributed by atoms with E-state index in [9.17, 15) is 4.79 Å². The molecular formula is C17H16N2O. The summed E-state index contributed by atoms with van der Waals surface area (Å²) < 4.78 is 0. The van der Waals surface area contributed by atoms with Crippen LogP contribution in [-0.2, 0) is 4.79 Å². The van der Waals surface area contributed by atoms with E-state index in [1.165, 1.54) is 0 Å². The van der Waals surface area contributed by atoms with Crippen LogP contribution in [0.3, 0.4) is 0 Å². The van der Waals surface area contributed by atoms with E-state index in [1.54, 1.807) is 11.1 Å². The number of hydrogen-bond donors (Lipinski definition) is 0. The number of carbonyl (C=O) groups excluding carboxylic acids is 1. The number of likely N-dealkylation sites (tertiary alicyclic amines) is 1. The van der Waals surface area contributed by atoms with Crippen LogP contribution >= 0.6 is 0 Å². The average molecular weight is 264 g/mol. The monoisotopic (exact) mass is 264 g/mol. The first-order valence-corrected chi connectivity index (χ1v) is 6.68. The summed E-state index contributed by atoms with van der Waals surface area (Å²) >= 11 is 0. The van der Waals surface area contributed by atoms with Gasteiger partial charge in [-0.1, -0.05) is 36.4 Å². The van der Waals surface area contributed by atoms with E-state index in [4.69, 9.17) is 0 Å². The van der Waals surface area contributed by atoms with E-state index in [1.807, 2.05) is 61.8 Å². The number of rotatable bonds is 2. The van der Waals surface area contributed by atoms with Gasteiger partial charge in [0, 0.05) is 31.4 Å². The summed E-state index contributed by atoms with van der Waals surface area (Å²) in [5, 5.41) is 0. The first-order valence-electron chi connectivity index (χ1n) is 6.68. The van der Waals surface area contributed by atoms with E-state index in [-0.39, 0.29) is 11.9 Å². The van der Waals surface area contributed by atoms with Crippen molar-refractivity contribution in [3.05, 3.63) is 71.6 Å². The van der Waals surface area contributed by atoms with Gasteiger partial charge in [-0.2, -0.15) is 0 Å². The van der Waals surface area contributed by atoms with Gasteiger partial charge in [0.05, 0.1) is 6.04 Å². The van der Waals surface area contributed by atoms with Gasteiger partial charge in [-0.15, -0.1) is 0 Å². The van der Waals surface area contributed by atoms with Gasteiger partial charge in [0.15, 0.2) is 0 Å². The largest absolute Gasteiger partial charge is 0.335 e. The predicted molar refractivity (Wildman–Crippen MR) is 78.8 cm³/mol. The summed E-state index contributed by atoms with van der Waals surface area (Å²) in [4.78, 5) is 18.3. The molecule has 0 bridgehead atoms. The molecule has 0 saturated carbocycles. The van der Waals surface area contributed by atoms with Crippen molar-refractivity contribution in [2.24, 2.45) is 0 Å². The molecule has 1 aliphatic rings. The van der Waals surface area contributed by atoms with Gasteiger partial charge in [0.2, 0.25) is 5.91 Å². The lowest BCUT2D eigenvalue weighted by atomic mass is 10.0. The van der Waals surface area contributed by atoms with Crippen molar-refractivity contribution in [2.45, 2.75) is 12.5 Å². The Morgan fingerprint density at radius 1 is 1.20 bits per heavy atom. The Hall–Kier alpha value is -2.42. The minimum Gasteiger partial charge on any atom is -0.335 e. The Kier molecular flexibility index (Phi) is 3.33. The van der Waals surface area contributed by atoms with Crippen LogP contribution in [0.5, 0.6) is 0 Å². The van der Waals surface area contributed by atoms with Crippen molar-refractivity contribution in [2.75, 3.05) is 7.05 Å². The van der Waals surface area contributed by atoms with E-state index >= 15 is 0 Å². The Labute approximate surface area is 118 Å². The highest BCUT2D eigenvalue weighted by atomic mass is 16.2. The molecule has 20 heavy (non-hydrogen) atoms. The first kappa shape index (κ1) is 12.6. The van der Waals surface area contributed by atoms with E-state index in [0.29, 0.717) is 0 Å². The van der Waals surface area contributed by atoms with Crippen molar-refractivity contribution in [1.82, 2.24) is 9.88 Å². The summed E-state index contributed by atoms with van der Waals surface area (Å²) in [6, 6.07) is 14.0. The maximum Gasteiger partial charge on any atom is 0.250 e. The third-order valence-corrected chi connectivity index (χ3v) is 3.69. The summed E-state index contributed by atoms with van der Waals surface area (Å²) in [5.41, 5.74) is 3.00. The van der Waals surface area contributed by atoms with E-state index in [0.717, 1.165) is 23.1 Å². The molecule has 1 aliphatic heterocycles. The summed E-state index contributed by atoms with van der Waals surface area (Å²) in [5.74, 6) is 0.0997. The maximum absolute atomic E-state index is 12.3. The van der Waals surface area contributed by atoms with Gasteiger partial charge >= 0.3 is 0 Å². The second-order valence-electron chi connectivity index (χ2n) is 5.00. The molecule has 1 amide bonds. The number of amides is 1. The van der Waals surface area contributed by atoms with E-state index in [2.05, 4.69) is 4.98 Å². The fourth-order valence-corrected chi connectivity index (χ4v) is 2.59. The number of benzene rings is 1. The van der Waals surface area contributed by atoms with Crippen molar-refractivity contribution in [1.29, 1.82) is 0 Å². The highest BCUT2D eigenvalue weighted by Gasteiger charge is 2.33. The van der Waals surface area contributed by atoms with Crippen LogP contribution in [-0.4, -0.2) is 22.8 Å². The zero-order valence-corrected chi connectivity index (χ0v) is 11.4. The molecule has 3 nitrogen and oxygen atoms in total. The molecule has 100 valence electrons. The van der Waals surface area contributed by atoms with Gasteiger partial charge in [-0.05, 0) is 23.3 Å². The predicted octanol–water partition coefficient (Wildman–Crippen LogP) is 3.07. The minimum atomic E-state index is 0.0890. The molecule has 0 radical (unpaired) electrons. The lowest BCUT2D eigenvalue weighted by Crippen LogP contribution is -2.22. The second-order valence-corrected chi connectivity index (χ2v) is 5.00. The van der Waals surface area contributed by atoms with Crippen LogP contribution in [0.1, 0.15) is 23.6 Å². The first-order chi connectivity index (χ1) is 9.75. The summed E-state index contributed by atoms with van der Waals surface area (Å²) in [6.07, 6.45) is 6.30. The van der Waals surface area contributed by atoms with Gasteiger partial charge < -0.3 is 4.90 Å². The third-order valence-electron chi connectivity index (χ3n) is 3.69. The fourth-order valence-electron chi connectivity index (χ4n) is 2.59. The van der Waals surface area contributed by atoms with Crippen molar-refractivity contribution < 1.29 is 4.79 Å². The Balaban J connectivity index is 1.90. The smallest absolute Gasteiger partial charge is 0.250 e. The highest BCUT2D eigenvalue weighted by molar-refractivity contribution is 6.00. The van der Waals surface area contributed by atoms with E-state index < -0.39 is 0 Å². The van der Waals surface area contributed by atoms with Crippen LogP contribution < -0.4 is 0 Å². The average Bonchev–Trinajstić information content (AvgIpc) is 2.78. The standard InChI is InChI=1S/C17H16N2O/c1-19-16(14-8-5-9-18-12-14)11-15(17(19)20)10-13-6-3-2-4-7-13/h2-10,12,16H,11H2,1H3/b15-10+/t16-/m0/s1. The molecule has 0 spiro atoms. The summed E-state index contributed by atoms with van der Waals surface area (Å²) in [7, 11) is 1.85. The molecule has 3 rings (SSSR count). The number of pyridine rings is 1. The second kappa shape index (κ2) is 5.29. The molecule has 1 aromatic carbocycles. The zero-order chi connectivity index (χ0) is 13.9. The number of carbonyl (C=O) groups is 1. The molecule has 0 aliphatic carbocycles. The molecule has 0 N–H and O–H groups in total. The Morgan fingerprint density at radius 3 is 2.70 bits per heavy atom. The van der Waals surface area contributed by atoms with Crippen LogP contribution in [0.2, 0.25) is 0 Å². The number of hydrogen-bond acceptors (Lipinski definition) is 2. The number of likely N-dealkylation sites (N-methyl/N-ethyl adjacent to an activating group) is 1. The topological polar surface area (TPSA) is 33.2 Å². The lowest BCUT2D eigenvalue weighted by Gasteiger charge is -2.18. The van der Waals surface area contributed by atoms with Crippen molar-refractivity contribution >= 4 is 12.0 Å². The van der Waals surface area contributed by atoms with Crippen molar-refractivity contribution in [3.8, 4) is 0 Å². The third kappa shape index (κ3) is 2.35. The van der Waals surface area contributed by atoms with Crippen LogP contribution in [0.15, 0.2) is 60.4 Å².